The third-order valence-electron chi connectivity index (χ3n) is 1.09. The van der Waals surface area contributed by atoms with Crippen LogP contribution in [0.3, 0.4) is 0 Å². The molecule has 0 aliphatic rings. The van der Waals surface area contributed by atoms with E-state index in [2.05, 4.69) is 32.4 Å². The molecule has 0 fully saturated rings. The number of nitrogens with zero attached hydrogens (tertiary/aromatic N) is 4. The van der Waals surface area contributed by atoms with Gasteiger partial charge in [0.15, 0.2) is 0 Å². The van der Waals surface area contributed by atoms with Crippen molar-refractivity contribution in [1.82, 2.24) is 20.2 Å². The number of tetrazole rings is 1. The van der Waals surface area contributed by atoms with E-state index in [4.69, 9.17) is 5.73 Å². The van der Waals surface area contributed by atoms with Crippen LogP contribution in [-0.4, -0.2) is 39.4 Å². The monoisotopic (exact) mass is 236 g/mol. The zero-order valence-corrected chi connectivity index (χ0v) is 8.84. The van der Waals surface area contributed by atoms with Gasteiger partial charge < -0.3 is 5.73 Å². The quantitative estimate of drug-likeness (QED) is 0.595. The second-order valence-electron chi connectivity index (χ2n) is 2.43. The van der Waals surface area contributed by atoms with Gasteiger partial charge in [0.05, 0.1) is 12.0 Å². The highest BCUT2D eigenvalue weighted by molar-refractivity contribution is 7.95. The molecule has 8 nitrogen and oxygen atoms in total. The lowest BCUT2D eigenvalue weighted by Crippen LogP contribution is -2.26. The number of thiocarbonyl (C=S) groups is 1. The maximum absolute atomic E-state index is 11.2. The number of anilines is 1. The summed E-state index contributed by atoms with van der Waals surface area (Å²) < 4.78 is 24.5. The molecule has 1 heterocycles. The van der Waals surface area contributed by atoms with Gasteiger partial charge in [-0.2, -0.15) is 4.80 Å². The van der Waals surface area contributed by atoms with Gasteiger partial charge in [-0.05, 0) is 5.21 Å². The SMILES string of the molecule is Cn1nnc(NS(=O)(=O)CC(N)=S)n1. The number of hydrogen-bond donors (Lipinski definition) is 2. The molecule has 1 rings (SSSR count). The van der Waals surface area contributed by atoms with Crippen LogP contribution < -0.4 is 10.5 Å². The van der Waals surface area contributed by atoms with Crippen molar-refractivity contribution in [3.05, 3.63) is 0 Å². The van der Waals surface area contributed by atoms with E-state index in [-0.39, 0.29) is 10.9 Å². The normalized spacial score (nSPS) is 11.2. The molecule has 0 saturated heterocycles. The summed E-state index contributed by atoms with van der Waals surface area (Å²) in [7, 11) is -2.10. The minimum Gasteiger partial charge on any atom is -0.392 e. The highest BCUT2D eigenvalue weighted by Crippen LogP contribution is 1.98. The van der Waals surface area contributed by atoms with Gasteiger partial charge in [-0.3, -0.25) is 0 Å². The number of rotatable bonds is 4. The zero-order chi connectivity index (χ0) is 10.8. The van der Waals surface area contributed by atoms with E-state index in [9.17, 15) is 8.42 Å². The van der Waals surface area contributed by atoms with Crippen molar-refractivity contribution in [3.63, 3.8) is 0 Å². The van der Waals surface area contributed by atoms with E-state index in [1.165, 1.54) is 7.05 Å². The van der Waals surface area contributed by atoms with Crippen molar-refractivity contribution in [2.45, 2.75) is 0 Å². The molecule has 3 N–H and O–H groups in total. The number of sulfonamides is 1. The lowest BCUT2D eigenvalue weighted by molar-refractivity contribution is 0.604. The predicted octanol–water partition coefficient (Wildman–Crippen LogP) is -1.76. The van der Waals surface area contributed by atoms with Crippen molar-refractivity contribution in [2.24, 2.45) is 12.8 Å². The van der Waals surface area contributed by atoms with E-state index in [0.717, 1.165) is 4.80 Å². The van der Waals surface area contributed by atoms with Crippen LogP contribution in [0.2, 0.25) is 0 Å². The molecule has 0 aromatic carbocycles. The van der Waals surface area contributed by atoms with Gasteiger partial charge >= 0.3 is 0 Å². The lowest BCUT2D eigenvalue weighted by atomic mass is 10.8. The Morgan fingerprint density at radius 3 is 2.79 bits per heavy atom. The van der Waals surface area contributed by atoms with Gasteiger partial charge in [-0.25, -0.2) is 13.1 Å². The summed E-state index contributed by atoms with van der Waals surface area (Å²) in [6.07, 6.45) is 0. The number of nitrogens with one attached hydrogen (secondary N) is 1. The molecule has 0 saturated carbocycles. The van der Waals surface area contributed by atoms with Gasteiger partial charge in [0.1, 0.15) is 5.75 Å². The molecular formula is C4H8N6O2S2. The Morgan fingerprint density at radius 2 is 2.36 bits per heavy atom. The van der Waals surface area contributed by atoms with Gasteiger partial charge in [-0.1, -0.05) is 17.3 Å². The largest absolute Gasteiger partial charge is 0.392 e. The topological polar surface area (TPSA) is 116 Å². The molecule has 0 aliphatic carbocycles. The molecule has 78 valence electrons. The first-order valence-electron chi connectivity index (χ1n) is 3.42. The zero-order valence-electron chi connectivity index (χ0n) is 7.21. The molecule has 0 spiro atoms. The van der Waals surface area contributed by atoms with Crippen LogP contribution in [0.25, 0.3) is 0 Å². The highest BCUT2D eigenvalue weighted by Gasteiger charge is 2.14. The van der Waals surface area contributed by atoms with Gasteiger partial charge in [0.25, 0.3) is 5.95 Å². The predicted molar refractivity (Wildman–Crippen MR) is 53.0 cm³/mol. The molecule has 0 aliphatic heterocycles. The third kappa shape index (κ3) is 3.22. The first-order chi connectivity index (χ1) is 6.39. The van der Waals surface area contributed by atoms with Crippen LogP contribution in [-0.2, 0) is 17.1 Å². The minimum absolute atomic E-state index is 0.108. The summed E-state index contributed by atoms with van der Waals surface area (Å²) in [4.78, 5) is 1.000. The van der Waals surface area contributed by atoms with Crippen LogP contribution >= 0.6 is 12.2 Å². The Hall–Kier alpha value is -1.29. The summed E-state index contributed by atoms with van der Waals surface area (Å²) in [5, 5.41) is 10.5. The van der Waals surface area contributed by atoms with Crippen molar-refractivity contribution < 1.29 is 8.42 Å². The number of aromatic nitrogens is 4. The molecule has 0 radical (unpaired) electrons. The van der Waals surface area contributed by atoms with Crippen molar-refractivity contribution in [3.8, 4) is 0 Å². The third-order valence-corrected chi connectivity index (χ3v) is 2.60. The molecule has 0 bridgehead atoms. The Morgan fingerprint density at radius 1 is 1.71 bits per heavy atom. The second kappa shape index (κ2) is 3.84. The maximum Gasteiger partial charge on any atom is 0.276 e. The smallest absolute Gasteiger partial charge is 0.276 e. The summed E-state index contributed by atoms with van der Waals surface area (Å²) in [6, 6.07) is 0. The van der Waals surface area contributed by atoms with Gasteiger partial charge in [-0.15, -0.1) is 5.10 Å². The fourth-order valence-electron chi connectivity index (χ4n) is 0.687. The Labute approximate surface area is 85.5 Å². The second-order valence-corrected chi connectivity index (χ2v) is 4.68. The van der Waals surface area contributed by atoms with Crippen LogP contribution in [0.4, 0.5) is 5.95 Å². The van der Waals surface area contributed by atoms with Crippen LogP contribution in [0.1, 0.15) is 0 Å². The van der Waals surface area contributed by atoms with E-state index >= 15 is 0 Å². The summed E-state index contributed by atoms with van der Waals surface area (Å²) in [5.41, 5.74) is 5.09. The average Bonchev–Trinajstić information content (AvgIpc) is 2.30. The molecule has 10 heteroatoms. The van der Waals surface area contributed by atoms with Crippen molar-refractivity contribution >= 4 is 33.2 Å². The van der Waals surface area contributed by atoms with E-state index in [1.54, 1.807) is 0 Å². The van der Waals surface area contributed by atoms with Crippen molar-refractivity contribution in [2.75, 3.05) is 10.5 Å². The van der Waals surface area contributed by atoms with Gasteiger partial charge in [0, 0.05) is 0 Å². The molecule has 0 atom stereocenters. The van der Waals surface area contributed by atoms with Gasteiger partial charge in [0.2, 0.25) is 10.0 Å². The molecular weight excluding hydrogens is 228 g/mol. The fourth-order valence-corrected chi connectivity index (χ4v) is 1.96. The minimum atomic E-state index is -3.62. The highest BCUT2D eigenvalue weighted by atomic mass is 32.2. The lowest BCUT2D eigenvalue weighted by Gasteiger charge is -2.01. The summed E-state index contributed by atoms with van der Waals surface area (Å²) >= 11 is 4.46. The number of nitrogens with two attached hydrogens (primary N) is 1. The Kier molecular flexibility index (Phi) is 2.96. The first kappa shape index (κ1) is 10.8. The van der Waals surface area contributed by atoms with E-state index < -0.39 is 15.8 Å². The van der Waals surface area contributed by atoms with Crippen LogP contribution in [0.5, 0.6) is 0 Å². The number of hydrogen-bond acceptors (Lipinski definition) is 6. The molecule has 1 aromatic rings. The fraction of sp³-hybridized carbons (Fsp3) is 0.500. The van der Waals surface area contributed by atoms with E-state index in [1.807, 2.05) is 0 Å². The summed E-state index contributed by atoms with van der Waals surface area (Å²) in [6.45, 7) is 0. The average molecular weight is 236 g/mol. The molecule has 14 heavy (non-hydrogen) atoms. The Balaban J connectivity index is 2.73. The Bertz CT molecular complexity index is 436. The van der Waals surface area contributed by atoms with Crippen molar-refractivity contribution in [1.29, 1.82) is 0 Å². The number of aryl methyl sites for hydroxylation is 1. The van der Waals surface area contributed by atoms with Crippen LogP contribution in [0, 0.1) is 0 Å². The molecule has 0 amide bonds. The van der Waals surface area contributed by atoms with E-state index in [0.29, 0.717) is 0 Å². The standard InChI is InChI=1S/C4H8N6O2S2/c1-10-7-4(6-9-10)8-14(11,12)2-3(5)13/h2H2,1H3,(H2,5,13)(H,7,8). The molecule has 1 aromatic heterocycles. The molecule has 0 unspecified atom stereocenters. The first-order valence-corrected chi connectivity index (χ1v) is 5.48. The van der Waals surface area contributed by atoms with Crippen LogP contribution in [0.15, 0.2) is 0 Å². The summed E-state index contributed by atoms with van der Waals surface area (Å²) in [5.74, 6) is -0.552. The maximum atomic E-state index is 11.2.